The maximum atomic E-state index is 12.5. The maximum absolute atomic E-state index is 12.5. The van der Waals surface area contributed by atoms with Gasteiger partial charge in [-0.2, -0.15) is 0 Å². The van der Waals surface area contributed by atoms with Crippen LogP contribution in [0.2, 0.25) is 5.02 Å². The SMILES string of the molecule is CCCNC(=O)c1ccc(NC(=O)C(C)(N)c2ccccc2)cc1Cl.Cl. The van der Waals surface area contributed by atoms with Crippen molar-refractivity contribution in [3.05, 3.63) is 64.7 Å². The molecule has 0 saturated heterocycles. The molecule has 26 heavy (non-hydrogen) atoms. The molecule has 2 amide bonds. The summed E-state index contributed by atoms with van der Waals surface area (Å²) in [5.74, 6) is -0.601. The van der Waals surface area contributed by atoms with Crippen LogP contribution >= 0.6 is 24.0 Å². The van der Waals surface area contributed by atoms with Gasteiger partial charge in [0, 0.05) is 12.2 Å². The maximum Gasteiger partial charge on any atom is 0.252 e. The normalized spacial score (nSPS) is 12.5. The topological polar surface area (TPSA) is 84.2 Å². The molecule has 1 atom stereocenters. The third-order valence-corrected chi connectivity index (χ3v) is 4.17. The van der Waals surface area contributed by atoms with E-state index in [0.29, 0.717) is 23.4 Å². The van der Waals surface area contributed by atoms with Crippen LogP contribution in [0.3, 0.4) is 0 Å². The molecule has 5 nitrogen and oxygen atoms in total. The minimum Gasteiger partial charge on any atom is -0.352 e. The summed E-state index contributed by atoms with van der Waals surface area (Å²) in [6.07, 6.45) is 0.839. The first-order chi connectivity index (χ1) is 11.9. The molecule has 0 aliphatic rings. The van der Waals surface area contributed by atoms with Gasteiger partial charge in [-0.1, -0.05) is 48.9 Å². The van der Waals surface area contributed by atoms with Crippen molar-refractivity contribution in [2.75, 3.05) is 11.9 Å². The predicted octanol–water partition coefficient (Wildman–Crippen LogP) is 3.71. The third-order valence-electron chi connectivity index (χ3n) is 3.85. The largest absolute Gasteiger partial charge is 0.352 e. The molecule has 0 saturated carbocycles. The summed E-state index contributed by atoms with van der Waals surface area (Å²) in [4.78, 5) is 24.5. The Bertz CT molecular complexity index is 765. The highest BCUT2D eigenvalue weighted by molar-refractivity contribution is 6.34. The first-order valence-electron chi connectivity index (χ1n) is 8.10. The highest BCUT2D eigenvalue weighted by Gasteiger charge is 2.30. The molecule has 0 spiro atoms. The number of halogens is 2. The van der Waals surface area contributed by atoms with Crippen LogP contribution in [0, 0.1) is 0 Å². The fourth-order valence-electron chi connectivity index (χ4n) is 2.29. The molecule has 0 radical (unpaired) electrons. The van der Waals surface area contributed by atoms with Crippen molar-refractivity contribution in [1.82, 2.24) is 5.32 Å². The second-order valence-electron chi connectivity index (χ2n) is 5.97. The zero-order chi connectivity index (χ0) is 18.4. The molecule has 0 heterocycles. The second kappa shape index (κ2) is 9.57. The van der Waals surface area contributed by atoms with Gasteiger partial charge in [-0.15, -0.1) is 12.4 Å². The van der Waals surface area contributed by atoms with Gasteiger partial charge in [0.1, 0.15) is 5.54 Å². The zero-order valence-electron chi connectivity index (χ0n) is 14.7. The molecular weight excluding hydrogens is 373 g/mol. The predicted molar refractivity (Wildman–Crippen MR) is 108 cm³/mol. The van der Waals surface area contributed by atoms with Crippen LogP contribution < -0.4 is 16.4 Å². The summed E-state index contributed by atoms with van der Waals surface area (Å²) in [6.45, 7) is 4.19. The van der Waals surface area contributed by atoms with Crippen molar-refractivity contribution < 1.29 is 9.59 Å². The summed E-state index contributed by atoms with van der Waals surface area (Å²) in [5, 5.41) is 5.78. The Balaban J connectivity index is 0.00000338. The lowest BCUT2D eigenvalue weighted by Crippen LogP contribution is -2.45. The Morgan fingerprint density at radius 1 is 1.15 bits per heavy atom. The van der Waals surface area contributed by atoms with E-state index in [1.807, 2.05) is 25.1 Å². The molecule has 0 bridgehead atoms. The number of nitrogens with one attached hydrogen (secondary N) is 2. The molecule has 1 unspecified atom stereocenters. The van der Waals surface area contributed by atoms with E-state index < -0.39 is 5.54 Å². The molecule has 2 aromatic carbocycles. The molecule has 0 fully saturated rings. The van der Waals surface area contributed by atoms with E-state index in [-0.39, 0.29) is 29.2 Å². The monoisotopic (exact) mass is 395 g/mol. The summed E-state index contributed by atoms with van der Waals surface area (Å²) in [7, 11) is 0. The lowest BCUT2D eigenvalue weighted by Gasteiger charge is -2.24. The molecule has 2 rings (SSSR count). The molecule has 4 N–H and O–H groups in total. The van der Waals surface area contributed by atoms with Gasteiger partial charge >= 0.3 is 0 Å². The fourth-order valence-corrected chi connectivity index (χ4v) is 2.55. The first-order valence-corrected chi connectivity index (χ1v) is 8.47. The Labute approximate surface area is 164 Å². The number of rotatable bonds is 6. The average Bonchev–Trinajstić information content (AvgIpc) is 2.60. The minimum atomic E-state index is -1.19. The number of hydrogen-bond acceptors (Lipinski definition) is 3. The van der Waals surface area contributed by atoms with Crippen molar-refractivity contribution in [3.8, 4) is 0 Å². The van der Waals surface area contributed by atoms with E-state index >= 15 is 0 Å². The van der Waals surface area contributed by atoms with Crippen LogP contribution in [0.4, 0.5) is 5.69 Å². The number of hydrogen-bond donors (Lipinski definition) is 3. The molecule has 7 heteroatoms. The Morgan fingerprint density at radius 3 is 2.38 bits per heavy atom. The lowest BCUT2D eigenvalue weighted by molar-refractivity contribution is -0.120. The second-order valence-corrected chi connectivity index (χ2v) is 6.38. The van der Waals surface area contributed by atoms with E-state index in [1.165, 1.54) is 0 Å². The van der Waals surface area contributed by atoms with Crippen molar-refractivity contribution in [3.63, 3.8) is 0 Å². The van der Waals surface area contributed by atoms with Crippen molar-refractivity contribution >= 4 is 41.5 Å². The molecule has 140 valence electrons. The van der Waals surface area contributed by atoms with Crippen LogP contribution in [-0.2, 0) is 10.3 Å². The van der Waals surface area contributed by atoms with E-state index in [4.69, 9.17) is 17.3 Å². The highest BCUT2D eigenvalue weighted by atomic mass is 35.5. The number of carbonyl (C=O) groups is 2. The summed E-state index contributed by atoms with van der Waals surface area (Å²) in [6, 6.07) is 13.9. The summed E-state index contributed by atoms with van der Waals surface area (Å²) < 4.78 is 0. The number of carbonyl (C=O) groups excluding carboxylic acids is 2. The Hall–Kier alpha value is -2.08. The van der Waals surface area contributed by atoms with Gasteiger partial charge in [0.15, 0.2) is 0 Å². The Morgan fingerprint density at radius 2 is 1.81 bits per heavy atom. The number of amides is 2. The van der Waals surface area contributed by atoms with Crippen LogP contribution in [0.5, 0.6) is 0 Å². The van der Waals surface area contributed by atoms with Gasteiger partial charge in [0.25, 0.3) is 5.91 Å². The van der Waals surface area contributed by atoms with Crippen LogP contribution in [0.25, 0.3) is 0 Å². The fraction of sp³-hybridized carbons (Fsp3) is 0.263. The highest BCUT2D eigenvalue weighted by Crippen LogP contribution is 2.24. The van der Waals surface area contributed by atoms with E-state index in [2.05, 4.69) is 10.6 Å². The van der Waals surface area contributed by atoms with Gasteiger partial charge in [-0.05, 0) is 37.1 Å². The molecule has 0 aromatic heterocycles. The molecular formula is C19H23Cl2N3O2. The smallest absolute Gasteiger partial charge is 0.252 e. The van der Waals surface area contributed by atoms with Gasteiger partial charge in [0.2, 0.25) is 5.91 Å². The van der Waals surface area contributed by atoms with Crippen LogP contribution in [-0.4, -0.2) is 18.4 Å². The quantitative estimate of drug-likeness (QED) is 0.696. The number of anilines is 1. The molecule has 0 aliphatic heterocycles. The third kappa shape index (κ3) is 5.21. The summed E-state index contributed by atoms with van der Waals surface area (Å²) in [5.41, 5.74) is 6.55. The van der Waals surface area contributed by atoms with E-state index in [9.17, 15) is 9.59 Å². The van der Waals surface area contributed by atoms with Crippen molar-refractivity contribution in [2.45, 2.75) is 25.8 Å². The minimum absolute atomic E-state index is 0. The zero-order valence-corrected chi connectivity index (χ0v) is 16.3. The van der Waals surface area contributed by atoms with Gasteiger partial charge in [-0.3, -0.25) is 9.59 Å². The standard InChI is InChI=1S/C19H22ClN3O2.ClH/c1-3-11-22-17(24)15-10-9-14(12-16(15)20)23-18(25)19(2,21)13-7-5-4-6-8-13;/h4-10,12H,3,11,21H2,1-2H3,(H,22,24)(H,23,25);1H. The number of benzene rings is 2. The molecule has 2 aromatic rings. The van der Waals surface area contributed by atoms with E-state index in [1.54, 1.807) is 37.3 Å². The van der Waals surface area contributed by atoms with Crippen LogP contribution in [0.15, 0.2) is 48.5 Å². The van der Waals surface area contributed by atoms with Crippen molar-refractivity contribution in [1.29, 1.82) is 0 Å². The van der Waals surface area contributed by atoms with Crippen LogP contribution in [0.1, 0.15) is 36.2 Å². The van der Waals surface area contributed by atoms with Gasteiger partial charge in [0.05, 0.1) is 10.6 Å². The van der Waals surface area contributed by atoms with E-state index in [0.717, 1.165) is 6.42 Å². The molecule has 0 aliphatic carbocycles. The van der Waals surface area contributed by atoms with Gasteiger partial charge < -0.3 is 16.4 Å². The average molecular weight is 396 g/mol. The lowest BCUT2D eigenvalue weighted by atomic mass is 9.92. The summed E-state index contributed by atoms with van der Waals surface area (Å²) >= 11 is 6.17. The first kappa shape index (κ1) is 22.0. The number of nitrogens with two attached hydrogens (primary N) is 1. The Kier molecular flexibility index (Phi) is 8.08. The van der Waals surface area contributed by atoms with Gasteiger partial charge in [-0.25, -0.2) is 0 Å². The van der Waals surface area contributed by atoms with Crippen molar-refractivity contribution in [2.24, 2.45) is 5.73 Å².